The Bertz CT molecular complexity index is 193. The predicted octanol–water partition coefficient (Wildman–Crippen LogP) is 3.44. The van der Waals surface area contributed by atoms with Crippen molar-refractivity contribution >= 4 is 0 Å². The summed E-state index contributed by atoms with van der Waals surface area (Å²) in [4.78, 5) is 2.25. The molecule has 0 spiro atoms. The van der Waals surface area contributed by atoms with Crippen molar-refractivity contribution < 1.29 is 0 Å². The fourth-order valence-electron chi connectivity index (χ4n) is 1.28. The summed E-state index contributed by atoms with van der Waals surface area (Å²) in [6.45, 7) is 16.7. The highest BCUT2D eigenvalue weighted by Gasteiger charge is 2.17. The number of allylic oxidation sites excluding steroid dienone is 1. The van der Waals surface area contributed by atoms with Gasteiger partial charge in [-0.3, -0.25) is 0 Å². The molecule has 0 aliphatic heterocycles. The van der Waals surface area contributed by atoms with Crippen LogP contribution >= 0.6 is 0 Å². The van der Waals surface area contributed by atoms with Gasteiger partial charge >= 0.3 is 0 Å². The van der Waals surface area contributed by atoms with Gasteiger partial charge in [0, 0.05) is 18.8 Å². The van der Waals surface area contributed by atoms with E-state index in [0.29, 0.717) is 12.0 Å². The average molecular weight is 181 g/mol. The van der Waals surface area contributed by atoms with E-state index in [-0.39, 0.29) is 0 Å². The van der Waals surface area contributed by atoms with Crippen LogP contribution in [0.3, 0.4) is 0 Å². The number of nitrogens with zero attached hydrogens (tertiary/aromatic N) is 1. The third-order valence-corrected chi connectivity index (χ3v) is 3.02. The molecule has 0 radical (unpaired) electrons. The Hall–Kier alpha value is -0.720. The standard InChI is InChI=1S/C12H23N/c1-8-10(4)13(7)12(6)11(5)9(2)3/h11-12H,2,4,8H2,1,3,5-7H3. The SMILES string of the molecule is C=C(C)C(C)C(C)N(C)C(=C)CC. The minimum absolute atomic E-state index is 0.491. The summed E-state index contributed by atoms with van der Waals surface area (Å²) in [5.41, 5.74) is 2.43. The van der Waals surface area contributed by atoms with E-state index >= 15 is 0 Å². The van der Waals surface area contributed by atoms with Crippen LogP contribution < -0.4 is 0 Å². The van der Waals surface area contributed by atoms with Crippen LogP contribution in [0.2, 0.25) is 0 Å². The third-order valence-electron chi connectivity index (χ3n) is 3.02. The van der Waals surface area contributed by atoms with E-state index in [1.54, 1.807) is 0 Å². The molecule has 0 rings (SSSR count). The van der Waals surface area contributed by atoms with Gasteiger partial charge in [0.15, 0.2) is 0 Å². The fourth-order valence-corrected chi connectivity index (χ4v) is 1.28. The van der Waals surface area contributed by atoms with Crippen LogP contribution in [0, 0.1) is 5.92 Å². The van der Waals surface area contributed by atoms with Crippen molar-refractivity contribution in [2.24, 2.45) is 5.92 Å². The Labute approximate surface area is 83.1 Å². The normalized spacial score (nSPS) is 14.8. The van der Waals surface area contributed by atoms with Crippen LogP contribution in [0.25, 0.3) is 0 Å². The van der Waals surface area contributed by atoms with E-state index < -0.39 is 0 Å². The molecule has 0 aliphatic rings. The Balaban J connectivity index is 4.32. The molecule has 2 atom stereocenters. The highest BCUT2D eigenvalue weighted by atomic mass is 15.1. The minimum Gasteiger partial charge on any atom is -0.375 e. The lowest BCUT2D eigenvalue weighted by Gasteiger charge is -2.33. The molecule has 13 heavy (non-hydrogen) atoms. The number of hydrogen-bond acceptors (Lipinski definition) is 1. The molecule has 0 amide bonds. The summed E-state index contributed by atoms with van der Waals surface area (Å²) in [5.74, 6) is 0.522. The Morgan fingerprint density at radius 2 is 1.77 bits per heavy atom. The van der Waals surface area contributed by atoms with Gasteiger partial charge in [-0.15, -0.1) is 0 Å². The zero-order chi connectivity index (χ0) is 10.6. The number of hydrogen-bond donors (Lipinski definition) is 0. The maximum atomic E-state index is 4.03. The first-order valence-electron chi connectivity index (χ1n) is 4.97. The second-order valence-electron chi connectivity index (χ2n) is 3.91. The summed E-state index contributed by atoms with van der Waals surface area (Å²) >= 11 is 0. The number of rotatable bonds is 5. The summed E-state index contributed by atoms with van der Waals surface area (Å²) < 4.78 is 0. The first-order valence-corrected chi connectivity index (χ1v) is 4.97. The van der Waals surface area contributed by atoms with Crippen LogP contribution in [0.5, 0.6) is 0 Å². The van der Waals surface area contributed by atoms with Gasteiger partial charge in [-0.2, -0.15) is 0 Å². The topological polar surface area (TPSA) is 3.24 Å². The molecule has 0 heterocycles. The average Bonchev–Trinajstić information content (AvgIpc) is 2.12. The molecule has 1 heteroatoms. The van der Waals surface area contributed by atoms with Crippen molar-refractivity contribution in [2.45, 2.75) is 40.2 Å². The van der Waals surface area contributed by atoms with Crippen LogP contribution in [0.4, 0.5) is 0 Å². The molecule has 0 bridgehead atoms. The van der Waals surface area contributed by atoms with Gasteiger partial charge in [-0.05, 0) is 26.2 Å². The second-order valence-corrected chi connectivity index (χ2v) is 3.91. The van der Waals surface area contributed by atoms with Crippen molar-refractivity contribution in [1.82, 2.24) is 4.90 Å². The maximum Gasteiger partial charge on any atom is 0.0317 e. The fraction of sp³-hybridized carbons (Fsp3) is 0.667. The lowest BCUT2D eigenvalue weighted by molar-refractivity contribution is 0.264. The molecule has 0 saturated heterocycles. The Morgan fingerprint density at radius 3 is 2.08 bits per heavy atom. The van der Waals surface area contributed by atoms with Crippen molar-refractivity contribution in [1.29, 1.82) is 0 Å². The van der Waals surface area contributed by atoms with Gasteiger partial charge < -0.3 is 4.90 Å². The highest BCUT2D eigenvalue weighted by molar-refractivity contribution is 5.02. The first kappa shape index (κ1) is 12.3. The quantitative estimate of drug-likeness (QED) is 0.587. The largest absolute Gasteiger partial charge is 0.375 e. The molecule has 1 nitrogen and oxygen atoms in total. The first-order chi connectivity index (χ1) is 5.91. The zero-order valence-electron chi connectivity index (χ0n) is 9.72. The second kappa shape index (κ2) is 5.11. The van der Waals surface area contributed by atoms with E-state index in [1.165, 1.54) is 11.3 Å². The predicted molar refractivity (Wildman–Crippen MR) is 60.6 cm³/mol. The lowest BCUT2D eigenvalue weighted by atomic mass is 9.95. The van der Waals surface area contributed by atoms with Crippen molar-refractivity contribution in [3.05, 3.63) is 24.4 Å². The van der Waals surface area contributed by atoms with Gasteiger partial charge in [0.05, 0.1) is 0 Å². The van der Waals surface area contributed by atoms with E-state index in [0.717, 1.165) is 6.42 Å². The van der Waals surface area contributed by atoms with Gasteiger partial charge in [-0.1, -0.05) is 32.6 Å². The highest BCUT2D eigenvalue weighted by Crippen LogP contribution is 2.19. The zero-order valence-corrected chi connectivity index (χ0v) is 9.72. The van der Waals surface area contributed by atoms with Crippen molar-refractivity contribution in [3.8, 4) is 0 Å². The summed E-state index contributed by atoms with van der Waals surface area (Å²) in [7, 11) is 2.11. The lowest BCUT2D eigenvalue weighted by Crippen LogP contribution is -2.33. The van der Waals surface area contributed by atoms with Gasteiger partial charge in [0.1, 0.15) is 0 Å². The molecule has 0 aromatic carbocycles. The molecular formula is C12H23N. The van der Waals surface area contributed by atoms with Crippen LogP contribution in [-0.2, 0) is 0 Å². The third kappa shape index (κ3) is 3.25. The molecule has 2 unspecified atom stereocenters. The smallest absolute Gasteiger partial charge is 0.0317 e. The van der Waals surface area contributed by atoms with E-state index in [1.807, 2.05) is 0 Å². The maximum absolute atomic E-state index is 4.03. The molecule has 0 aliphatic carbocycles. The van der Waals surface area contributed by atoms with Crippen LogP contribution in [0.1, 0.15) is 34.1 Å². The van der Waals surface area contributed by atoms with Crippen LogP contribution in [0.15, 0.2) is 24.4 Å². The van der Waals surface area contributed by atoms with Gasteiger partial charge in [-0.25, -0.2) is 0 Å². The monoisotopic (exact) mass is 181 g/mol. The Kier molecular flexibility index (Phi) is 4.82. The molecule has 0 N–H and O–H groups in total. The van der Waals surface area contributed by atoms with Gasteiger partial charge in [0.2, 0.25) is 0 Å². The summed E-state index contributed by atoms with van der Waals surface area (Å²) in [6, 6.07) is 0.491. The van der Waals surface area contributed by atoms with E-state index in [4.69, 9.17) is 0 Å². The summed E-state index contributed by atoms with van der Waals surface area (Å²) in [6.07, 6.45) is 1.02. The van der Waals surface area contributed by atoms with E-state index in [2.05, 4.69) is 52.8 Å². The summed E-state index contributed by atoms with van der Waals surface area (Å²) in [5, 5.41) is 0. The van der Waals surface area contributed by atoms with E-state index in [9.17, 15) is 0 Å². The van der Waals surface area contributed by atoms with Gasteiger partial charge in [0.25, 0.3) is 0 Å². The minimum atomic E-state index is 0.491. The molecule has 0 aromatic heterocycles. The molecule has 76 valence electrons. The molecular weight excluding hydrogens is 158 g/mol. The molecule has 0 saturated carbocycles. The molecule has 0 fully saturated rings. The van der Waals surface area contributed by atoms with Crippen molar-refractivity contribution in [3.63, 3.8) is 0 Å². The van der Waals surface area contributed by atoms with Crippen LogP contribution in [-0.4, -0.2) is 18.0 Å². The Morgan fingerprint density at radius 1 is 1.31 bits per heavy atom. The van der Waals surface area contributed by atoms with Crippen molar-refractivity contribution in [2.75, 3.05) is 7.05 Å². The molecule has 0 aromatic rings.